The standard InChI is InChI=1S/C31H26Cl3F2N7O2/c1-5-19(44)41-8-10-42(11-9-41)29-16-12-18(32)27(20-23(35)21(33)22(34)25(38)24(20)36)40-30(16)43(31(45)17(29)13-37)28-15(4)6-7-39-26(28)14(2)3/h5-7,12,14H,1,8-11,38H2,2-4H3. The van der Waals surface area contributed by atoms with Crippen LogP contribution in [0.2, 0.25) is 15.1 Å². The normalized spacial score (nSPS) is 13.4. The number of fused-ring (bicyclic) bond motifs is 1. The number of piperazine rings is 1. The summed E-state index contributed by atoms with van der Waals surface area (Å²) in [4.78, 5) is 39.1. The van der Waals surface area contributed by atoms with E-state index in [1.54, 1.807) is 29.0 Å². The molecule has 1 aliphatic rings. The summed E-state index contributed by atoms with van der Waals surface area (Å²) in [7, 11) is 0. The molecule has 5 rings (SSSR count). The summed E-state index contributed by atoms with van der Waals surface area (Å²) < 4.78 is 32.3. The Morgan fingerprint density at radius 3 is 2.40 bits per heavy atom. The topological polar surface area (TPSA) is 121 Å². The van der Waals surface area contributed by atoms with Crippen LogP contribution in [-0.2, 0) is 4.79 Å². The van der Waals surface area contributed by atoms with Crippen LogP contribution >= 0.6 is 34.8 Å². The Morgan fingerprint density at radius 2 is 1.80 bits per heavy atom. The summed E-state index contributed by atoms with van der Waals surface area (Å²) in [6.45, 7) is 10.2. The Labute approximate surface area is 272 Å². The third-order valence-corrected chi connectivity index (χ3v) is 8.86. The van der Waals surface area contributed by atoms with Crippen LogP contribution in [0.4, 0.5) is 20.2 Å². The Morgan fingerprint density at radius 1 is 1.13 bits per heavy atom. The first-order valence-electron chi connectivity index (χ1n) is 13.8. The number of nitrogen functional groups attached to an aromatic ring is 1. The summed E-state index contributed by atoms with van der Waals surface area (Å²) in [5, 5.41) is 9.29. The van der Waals surface area contributed by atoms with Gasteiger partial charge in [-0.05, 0) is 36.6 Å². The van der Waals surface area contributed by atoms with Gasteiger partial charge in [0.05, 0.1) is 49.1 Å². The lowest BCUT2D eigenvalue weighted by Crippen LogP contribution is -2.49. The van der Waals surface area contributed by atoms with Crippen molar-refractivity contribution in [3.63, 3.8) is 0 Å². The molecule has 1 aliphatic heterocycles. The first kappa shape index (κ1) is 32.2. The summed E-state index contributed by atoms with van der Waals surface area (Å²) in [6.07, 6.45) is 2.82. The number of aryl methyl sites for hydroxylation is 1. The highest BCUT2D eigenvalue weighted by Crippen LogP contribution is 2.43. The van der Waals surface area contributed by atoms with E-state index in [4.69, 9.17) is 40.5 Å². The molecule has 232 valence electrons. The lowest BCUT2D eigenvalue weighted by Gasteiger charge is -2.36. The molecule has 9 nitrogen and oxygen atoms in total. The molecule has 0 aliphatic carbocycles. The van der Waals surface area contributed by atoms with E-state index in [-0.39, 0.29) is 71.0 Å². The highest BCUT2D eigenvalue weighted by molar-refractivity contribution is 6.44. The van der Waals surface area contributed by atoms with E-state index in [1.165, 1.54) is 16.7 Å². The molecule has 1 aromatic carbocycles. The fraction of sp³-hybridized carbons (Fsp3) is 0.258. The molecule has 2 N–H and O–H groups in total. The Hall–Kier alpha value is -4.24. The second kappa shape index (κ2) is 12.3. The van der Waals surface area contributed by atoms with Crippen molar-refractivity contribution in [3.05, 3.63) is 84.9 Å². The second-order valence-corrected chi connectivity index (χ2v) is 11.9. The van der Waals surface area contributed by atoms with Crippen molar-refractivity contribution in [2.75, 3.05) is 36.8 Å². The molecular formula is C31H26Cl3F2N7O2. The molecule has 0 atom stereocenters. The lowest BCUT2D eigenvalue weighted by atomic mass is 10.0. The fourth-order valence-corrected chi connectivity index (χ4v) is 6.11. The molecule has 0 bridgehead atoms. The molecule has 0 unspecified atom stereocenters. The van der Waals surface area contributed by atoms with Gasteiger partial charge in [-0.25, -0.2) is 13.8 Å². The van der Waals surface area contributed by atoms with Crippen molar-refractivity contribution in [3.8, 4) is 23.0 Å². The molecule has 1 saturated heterocycles. The largest absolute Gasteiger partial charge is 0.395 e. The summed E-state index contributed by atoms with van der Waals surface area (Å²) in [5.41, 5.74) is 4.86. The second-order valence-electron chi connectivity index (χ2n) is 10.7. The minimum absolute atomic E-state index is 0.0422. The van der Waals surface area contributed by atoms with Crippen LogP contribution in [0.5, 0.6) is 0 Å². The van der Waals surface area contributed by atoms with Crippen molar-refractivity contribution in [1.82, 2.24) is 19.4 Å². The van der Waals surface area contributed by atoms with Gasteiger partial charge in [-0.15, -0.1) is 0 Å². The molecule has 0 saturated carbocycles. The van der Waals surface area contributed by atoms with Crippen LogP contribution in [0.1, 0.15) is 36.6 Å². The van der Waals surface area contributed by atoms with Crippen molar-refractivity contribution in [1.29, 1.82) is 5.26 Å². The van der Waals surface area contributed by atoms with Gasteiger partial charge in [0.15, 0.2) is 11.6 Å². The number of hydrogen-bond acceptors (Lipinski definition) is 7. The number of halogens is 5. The zero-order valence-corrected chi connectivity index (χ0v) is 26.7. The van der Waals surface area contributed by atoms with Crippen LogP contribution in [0, 0.1) is 29.9 Å². The van der Waals surface area contributed by atoms with Gasteiger partial charge < -0.3 is 15.5 Å². The number of nitrogens with two attached hydrogens (primary N) is 1. The molecular weight excluding hydrogens is 647 g/mol. The maximum Gasteiger partial charge on any atom is 0.276 e. The smallest absolute Gasteiger partial charge is 0.276 e. The van der Waals surface area contributed by atoms with Gasteiger partial charge in [-0.2, -0.15) is 5.26 Å². The number of pyridine rings is 3. The predicted molar refractivity (Wildman–Crippen MR) is 172 cm³/mol. The van der Waals surface area contributed by atoms with Gasteiger partial charge in [0, 0.05) is 37.8 Å². The van der Waals surface area contributed by atoms with Gasteiger partial charge >= 0.3 is 0 Å². The average molecular weight is 673 g/mol. The number of hydrogen-bond donors (Lipinski definition) is 1. The van der Waals surface area contributed by atoms with E-state index in [1.807, 2.05) is 13.8 Å². The third kappa shape index (κ3) is 5.27. The number of amides is 1. The Kier molecular flexibility index (Phi) is 8.77. The van der Waals surface area contributed by atoms with Crippen LogP contribution in [-0.4, -0.2) is 51.5 Å². The fourth-order valence-electron chi connectivity index (χ4n) is 5.50. The van der Waals surface area contributed by atoms with Crippen LogP contribution < -0.4 is 16.2 Å². The van der Waals surface area contributed by atoms with Gasteiger partial charge in [-0.3, -0.25) is 19.1 Å². The number of anilines is 2. The Bertz CT molecular complexity index is 1990. The van der Waals surface area contributed by atoms with Gasteiger partial charge in [0.1, 0.15) is 17.3 Å². The molecule has 1 amide bonds. The predicted octanol–water partition coefficient (Wildman–Crippen LogP) is 6.41. The molecule has 0 spiro atoms. The summed E-state index contributed by atoms with van der Waals surface area (Å²) in [6, 6.07) is 5.14. The molecule has 4 aromatic rings. The maximum absolute atomic E-state index is 15.6. The minimum Gasteiger partial charge on any atom is -0.395 e. The van der Waals surface area contributed by atoms with Crippen molar-refractivity contribution in [2.45, 2.75) is 26.7 Å². The van der Waals surface area contributed by atoms with Crippen molar-refractivity contribution in [2.24, 2.45) is 0 Å². The first-order valence-corrected chi connectivity index (χ1v) is 14.9. The number of aromatic nitrogens is 3. The molecule has 3 aromatic heterocycles. The summed E-state index contributed by atoms with van der Waals surface area (Å²) >= 11 is 18.7. The van der Waals surface area contributed by atoms with E-state index < -0.39 is 38.5 Å². The number of carbonyl (C=O) groups excluding carboxylic acids is 1. The molecule has 14 heteroatoms. The van der Waals surface area contributed by atoms with Crippen LogP contribution in [0.25, 0.3) is 28.0 Å². The average Bonchev–Trinajstić information content (AvgIpc) is 3.02. The zero-order valence-electron chi connectivity index (χ0n) is 24.4. The van der Waals surface area contributed by atoms with E-state index >= 15 is 8.78 Å². The third-order valence-electron chi connectivity index (χ3n) is 7.73. The number of carbonyl (C=O) groups is 1. The van der Waals surface area contributed by atoms with Crippen LogP contribution in [0.15, 0.2) is 35.8 Å². The number of nitrogens with zero attached hydrogens (tertiary/aromatic N) is 6. The lowest BCUT2D eigenvalue weighted by molar-refractivity contribution is -0.126. The number of benzene rings is 1. The summed E-state index contributed by atoms with van der Waals surface area (Å²) in [5.74, 6) is -2.89. The minimum atomic E-state index is -1.24. The van der Waals surface area contributed by atoms with Crippen LogP contribution in [0.3, 0.4) is 0 Å². The van der Waals surface area contributed by atoms with E-state index in [9.17, 15) is 14.9 Å². The zero-order chi connectivity index (χ0) is 32.9. The Balaban J connectivity index is 1.93. The van der Waals surface area contributed by atoms with Gasteiger partial charge in [-0.1, -0.05) is 55.2 Å². The van der Waals surface area contributed by atoms with E-state index in [0.29, 0.717) is 16.9 Å². The number of rotatable bonds is 5. The number of nitriles is 1. The van der Waals surface area contributed by atoms with Gasteiger partial charge in [0.2, 0.25) is 5.91 Å². The van der Waals surface area contributed by atoms with Crippen molar-refractivity contribution < 1.29 is 13.6 Å². The molecule has 45 heavy (non-hydrogen) atoms. The molecule has 0 radical (unpaired) electrons. The monoisotopic (exact) mass is 671 g/mol. The highest BCUT2D eigenvalue weighted by Gasteiger charge is 2.31. The quantitative estimate of drug-likeness (QED) is 0.113. The maximum atomic E-state index is 15.6. The van der Waals surface area contributed by atoms with Crippen molar-refractivity contribution >= 4 is 63.1 Å². The molecule has 4 heterocycles. The van der Waals surface area contributed by atoms with Gasteiger partial charge in [0.25, 0.3) is 5.56 Å². The molecule has 1 fully saturated rings. The highest BCUT2D eigenvalue weighted by atomic mass is 35.5. The van der Waals surface area contributed by atoms with E-state index in [0.717, 1.165) is 0 Å². The van der Waals surface area contributed by atoms with E-state index in [2.05, 4.69) is 22.6 Å². The first-order chi connectivity index (χ1) is 21.3. The SMILES string of the molecule is C=CC(=O)N1CCN(c2c(C#N)c(=O)n(-c3c(C)ccnc3C(C)C)c3nc(-c4c(F)c(N)c(Cl)c(Cl)c4F)c(Cl)cc23)CC1.